The van der Waals surface area contributed by atoms with Crippen molar-refractivity contribution in [3.05, 3.63) is 9.66 Å². The van der Waals surface area contributed by atoms with Gasteiger partial charge >= 0.3 is 0 Å². The van der Waals surface area contributed by atoms with Crippen LogP contribution >= 0.6 is 22.6 Å². The number of rotatable bonds is 1. The van der Waals surface area contributed by atoms with Crippen molar-refractivity contribution in [2.75, 3.05) is 0 Å². The Balaban J connectivity index is 2.93. The summed E-state index contributed by atoms with van der Waals surface area (Å²) >= 11 is 1.98. The Bertz CT molecular complexity index is 232. The molecular weight excluding hydrogens is 255 g/mol. The second-order valence-electron chi connectivity index (χ2n) is 3.04. The van der Waals surface area contributed by atoms with E-state index in [1.807, 2.05) is 29.5 Å². The average Bonchev–Trinajstić information content (AvgIpc) is 1.98. The lowest BCUT2D eigenvalue weighted by atomic mass is 9.82. The molecule has 0 aliphatic heterocycles. The van der Waals surface area contributed by atoms with E-state index in [9.17, 15) is 9.59 Å². The van der Waals surface area contributed by atoms with Gasteiger partial charge in [0.15, 0.2) is 5.78 Å². The summed E-state index contributed by atoms with van der Waals surface area (Å²) in [6, 6.07) is 0. The predicted octanol–water partition coefficient (Wildman–Crippen LogP) is 1.87. The Morgan fingerprint density at radius 2 is 2.36 bits per heavy atom. The Labute approximate surface area is 79.2 Å². The smallest absolute Gasteiger partial charge is 0.168 e. The highest BCUT2D eigenvalue weighted by Gasteiger charge is 2.28. The minimum absolute atomic E-state index is 0.157. The van der Waals surface area contributed by atoms with Gasteiger partial charge in [-0.1, -0.05) is 6.08 Å². The standard InChI is InChI=1S/C8H9IO2/c1-8(5-10)3-2-7(11)6(9)4-8/h4-5H,2-3H2,1H3. The molecule has 1 aliphatic rings. The summed E-state index contributed by atoms with van der Waals surface area (Å²) in [7, 11) is 0. The molecule has 0 heterocycles. The largest absolute Gasteiger partial charge is 0.302 e. The van der Waals surface area contributed by atoms with Crippen LogP contribution in [0, 0.1) is 5.41 Å². The molecule has 0 amide bonds. The van der Waals surface area contributed by atoms with E-state index >= 15 is 0 Å². The van der Waals surface area contributed by atoms with Crippen LogP contribution in [0.4, 0.5) is 0 Å². The van der Waals surface area contributed by atoms with E-state index in [-0.39, 0.29) is 5.78 Å². The molecule has 0 radical (unpaired) electrons. The Morgan fingerprint density at radius 3 is 2.82 bits per heavy atom. The topological polar surface area (TPSA) is 34.1 Å². The molecule has 0 saturated carbocycles. The number of hydrogen-bond acceptors (Lipinski definition) is 2. The molecule has 60 valence electrons. The van der Waals surface area contributed by atoms with Crippen LogP contribution in [0.1, 0.15) is 19.8 Å². The molecule has 3 heteroatoms. The van der Waals surface area contributed by atoms with Gasteiger partial charge in [-0.25, -0.2) is 0 Å². The van der Waals surface area contributed by atoms with Crippen LogP contribution in [0.5, 0.6) is 0 Å². The van der Waals surface area contributed by atoms with E-state index in [0.29, 0.717) is 16.4 Å². The normalized spacial score (nSPS) is 31.5. The fraction of sp³-hybridized carbons (Fsp3) is 0.500. The number of carbonyl (C=O) groups is 2. The van der Waals surface area contributed by atoms with Crippen molar-refractivity contribution in [2.24, 2.45) is 5.41 Å². The van der Waals surface area contributed by atoms with Crippen LogP contribution in [0.2, 0.25) is 0 Å². The molecule has 1 unspecified atom stereocenters. The quantitative estimate of drug-likeness (QED) is 0.535. The zero-order valence-electron chi connectivity index (χ0n) is 6.26. The minimum atomic E-state index is -0.398. The number of hydrogen-bond donors (Lipinski definition) is 0. The van der Waals surface area contributed by atoms with Gasteiger partial charge in [-0.05, 0) is 35.9 Å². The molecule has 0 bridgehead atoms. The van der Waals surface area contributed by atoms with Crippen LogP contribution < -0.4 is 0 Å². The number of allylic oxidation sites excluding steroid dienone is 2. The maximum Gasteiger partial charge on any atom is 0.168 e. The number of halogens is 1. The van der Waals surface area contributed by atoms with E-state index in [4.69, 9.17) is 0 Å². The van der Waals surface area contributed by atoms with Crippen LogP contribution in [0.25, 0.3) is 0 Å². The molecule has 1 rings (SSSR count). The highest BCUT2D eigenvalue weighted by molar-refractivity contribution is 14.1. The van der Waals surface area contributed by atoms with Crippen LogP contribution in [-0.4, -0.2) is 12.1 Å². The van der Waals surface area contributed by atoms with Crippen LogP contribution in [-0.2, 0) is 9.59 Å². The van der Waals surface area contributed by atoms with Crippen molar-refractivity contribution >= 4 is 34.7 Å². The van der Waals surface area contributed by atoms with E-state index in [1.54, 1.807) is 6.08 Å². The van der Waals surface area contributed by atoms with Gasteiger partial charge in [-0.3, -0.25) is 4.79 Å². The minimum Gasteiger partial charge on any atom is -0.302 e. The van der Waals surface area contributed by atoms with Crippen molar-refractivity contribution in [3.63, 3.8) is 0 Å². The molecule has 2 nitrogen and oxygen atoms in total. The van der Waals surface area contributed by atoms with Gasteiger partial charge in [-0.15, -0.1) is 0 Å². The van der Waals surface area contributed by atoms with Gasteiger partial charge < -0.3 is 4.79 Å². The summed E-state index contributed by atoms with van der Waals surface area (Å²) in [6.07, 6.45) is 3.83. The van der Waals surface area contributed by atoms with Crippen molar-refractivity contribution < 1.29 is 9.59 Å². The van der Waals surface area contributed by atoms with E-state index in [2.05, 4.69) is 0 Å². The zero-order valence-corrected chi connectivity index (χ0v) is 8.42. The SMILES string of the molecule is CC1(C=O)C=C(I)C(=O)CC1. The van der Waals surface area contributed by atoms with Gasteiger partial charge in [0, 0.05) is 11.8 Å². The van der Waals surface area contributed by atoms with Crippen molar-refractivity contribution in [2.45, 2.75) is 19.8 Å². The van der Waals surface area contributed by atoms with E-state index < -0.39 is 5.41 Å². The molecule has 0 N–H and O–H groups in total. The lowest BCUT2D eigenvalue weighted by molar-refractivity contribution is -0.117. The highest BCUT2D eigenvalue weighted by Crippen LogP contribution is 2.32. The first-order valence-electron chi connectivity index (χ1n) is 3.45. The summed E-state index contributed by atoms with van der Waals surface area (Å²) in [5, 5.41) is 0. The van der Waals surface area contributed by atoms with E-state index in [0.717, 1.165) is 6.29 Å². The summed E-state index contributed by atoms with van der Waals surface area (Å²) in [6.45, 7) is 1.85. The maximum atomic E-state index is 11.0. The molecule has 1 atom stereocenters. The molecule has 0 aromatic rings. The van der Waals surface area contributed by atoms with E-state index in [1.165, 1.54) is 0 Å². The Morgan fingerprint density at radius 1 is 1.73 bits per heavy atom. The van der Waals surface area contributed by atoms with Crippen LogP contribution in [0.15, 0.2) is 9.66 Å². The van der Waals surface area contributed by atoms with Crippen molar-refractivity contribution in [1.29, 1.82) is 0 Å². The number of aldehydes is 1. The second-order valence-corrected chi connectivity index (χ2v) is 4.20. The molecule has 11 heavy (non-hydrogen) atoms. The lowest BCUT2D eigenvalue weighted by Crippen LogP contribution is -2.22. The molecular formula is C8H9IO2. The first-order valence-corrected chi connectivity index (χ1v) is 4.53. The van der Waals surface area contributed by atoms with Gasteiger partial charge in [0.1, 0.15) is 6.29 Å². The fourth-order valence-electron chi connectivity index (χ4n) is 1.04. The Kier molecular flexibility index (Phi) is 2.47. The second kappa shape index (κ2) is 3.05. The third-order valence-electron chi connectivity index (χ3n) is 1.88. The van der Waals surface area contributed by atoms with Crippen LogP contribution in [0.3, 0.4) is 0 Å². The molecule has 0 aromatic carbocycles. The number of ketones is 1. The van der Waals surface area contributed by atoms with Gasteiger partial charge in [0.05, 0.1) is 3.58 Å². The molecule has 0 spiro atoms. The van der Waals surface area contributed by atoms with Gasteiger partial charge in [0.2, 0.25) is 0 Å². The highest BCUT2D eigenvalue weighted by atomic mass is 127. The molecule has 0 saturated heterocycles. The summed E-state index contributed by atoms with van der Waals surface area (Å²) in [5.41, 5.74) is -0.398. The van der Waals surface area contributed by atoms with Gasteiger partial charge in [0.25, 0.3) is 0 Å². The van der Waals surface area contributed by atoms with Crippen molar-refractivity contribution in [3.8, 4) is 0 Å². The Hall–Kier alpha value is -0.190. The third-order valence-corrected chi connectivity index (χ3v) is 2.80. The fourth-order valence-corrected chi connectivity index (χ4v) is 2.02. The molecule has 1 aliphatic carbocycles. The van der Waals surface area contributed by atoms with Gasteiger partial charge in [-0.2, -0.15) is 0 Å². The predicted molar refractivity (Wildman–Crippen MR) is 50.5 cm³/mol. The molecule has 0 aromatic heterocycles. The third kappa shape index (κ3) is 1.89. The number of carbonyl (C=O) groups excluding carboxylic acids is 2. The molecule has 0 fully saturated rings. The van der Waals surface area contributed by atoms with Crippen molar-refractivity contribution in [1.82, 2.24) is 0 Å². The summed E-state index contributed by atoms with van der Waals surface area (Å²) < 4.78 is 0.698. The summed E-state index contributed by atoms with van der Waals surface area (Å²) in [5.74, 6) is 0.157. The first-order chi connectivity index (χ1) is 5.07. The monoisotopic (exact) mass is 264 g/mol. The lowest BCUT2D eigenvalue weighted by Gasteiger charge is -2.22. The summed E-state index contributed by atoms with van der Waals surface area (Å²) in [4.78, 5) is 21.6. The zero-order chi connectivity index (χ0) is 8.48. The number of Topliss-reactive ketones (excluding diaryl/α,β-unsaturated/α-hetero) is 1. The first kappa shape index (κ1) is 8.90. The average molecular weight is 264 g/mol. The maximum absolute atomic E-state index is 11.0.